The molecule has 0 saturated carbocycles. The number of hydrogen-bond acceptors (Lipinski definition) is 6. The molecule has 3 aromatic carbocycles. The van der Waals surface area contributed by atoms with Crippen LogP contribution in [0.3, 0.4) is 0 Å². The number of rotatable bonds is 4. The largest absolute Gasteiger partial charge is 0.495 e. The summed E-state index contributed by atoms with van der Waals surface area (Å²) in [5.41, 5.74) is 4.13. The van der Waals surface area contributed by atoms with Gasteiger partial charge in [-0.2, -0.15) is 0 Å². The van der Waals surface area contributed by atoms with Gasteiger partial charge in [0.1, 0.15) is 5.75 Å². The molecule has 0 unspecified atom stereocenters. The summed E-state index contributed by atoms with van der Waals surface area (Å²) >= 11 is 0. The van der Waals surface area contributed by atoms with Crippen LogP contribution in [-0.4, -0.2) is 55.9 Å². The number of para-hydroxylation sites is 3. The van der Waals surface area contributed by atoms with E-state index in [2.05, 4.69) is 11.0 Å². The first-order valence-electron chi connectivity index (χ1n) is 11.7. The van der Waals surface area contributed by atoms with Gasteiger partial charge in [0.2, 0.25) is 6.79 Å². The van der Waals surface area contributed by atoms with E-state index in [0.717, 1.165) is 52.4 Å². The van der Waals surface area contributed by atoms with Crippen LogP contribution in [-0.2, 0) is 0 Å². The molecule has 2 aliphatic heterocycles. The summed E-state index contributed by atoms with van der Waals surface area (Å²) in [5, 5.41) is 0.856. The third-order valence-corrected chi connectivity index (χ3v) is 6.61. The lowest BCUT2D eigenvalue weighted by molar-refractivity contribution is 0.0748. The van der Waals surface area contributed by atoms with Gasteiger partial charge in [0.05, 0.1) is 29.6 Å². The average molecular weight is 468 g/mol. The van der Waals surface area contributed by atoms with Crippen molar-refractivity contribution >= 4 is 22.5 Å². The van der Waals surface area contributed by atoms with Crippen molar-refractivity contribution in [2.45, 2.75) is 0 Å². The van der Waals surface area contributed by atoms with Gasteiger partial charge in [-0.25, -0.2) is 4.98 Å². The van der Waals surface area contributed by atoms with Crippen molar-refractivity contribution in [3.63, 3.8) is 0 Å². The summed E-state index contributed by atoms with van der Waals surface area (Å²) in [6.45, 7) is 2.96. The van der Waals surface area contributed by atoms with Gasteiger partial charge < -0.3 is 24.0 Å². The van der Waals surface area contributed by atoms with Crippen LogP contribution < -0.4 is 19.1 Å². The number of benzene rings is 3. The molecule has 0 spiro atoms. The number of fused-ring (bicyclic) bond motifs is 2. The Kier molecular flexibility index (Phi) is 5.37. The summed E-state index contributed by atoms with van der Waals surface area (Å²) in [6, 6.07) is 23.4. The van der Waals surface area contributed by atoms with Crippen LogP contribution in [0.1, 0.15) is 10.4 Å². The molecule has 1 aromatic heterocycles. The van der Waals surface area contributed by atoms with E-state index in [9.17, 15) is 4.79 Å². The number of nitrogens with zero attached hydrogens (tertiary/aromatic N) is 3. The van der Waals surface area contributed by atoms with Crippen LogP contribution >= 0.6 is 0 Å². The molecule has 35 heavy (non-hydrogen) atoms. The van der Waals surface area contributed by atoms with Gasteiger partial charge in [-0.15, -0.1) is 0 Å². The summed E-state index contributed by atoms with van der Waals surface area (Å²) in [7, 11) is 1.69. The molecular weight excluding hydrogens is 442 g/mol. The van der Waals surface area contributed by atoms with E-state index in [1.807, 2.05) is 71.6 Å². The highest BCUT2D eigenvalue weighted by Crippen LogP contribution is 2.36. The zero-order valence-electron chi connectivity index (χ0n) is 19.4. The summed E-state index contributed by atoms with van der Waals surface area (Å²) in [6.07, 6.45) is 0. The van der Waals surface area contributed by atoms with Crippen molar-refractivity contribution < 1.29 is 19.0 Å². The number of piperazine rings is 1. The monoisotopic (exact) mass is 467 g/mol. The fourth-order valence-electron chi connectivity index (χ4n) is 4.77. The van der Waals surface area contributed by atoms with Crippen LogP contribution in [0.5, 0.6) is 17.2 Å². The van der Waals surface area contributed by atoms with Gasteiger partial charge >= 0.3 is 0 Å². The molecule has 0 atom stereocenters. The molecule has 4 aromatic rings. The first kappa shape index (κ1) is 21.3. The van der Waals surface area contributed by atoms with Crippen molar-refractivity contribution in [2.75, 3.05) is 45.0 Å². The third kappa shape index (κ3) is 3.89. The molecule has 6 rings (SSSR count). The molecule has 0 bridgehead atoms. The second kappa shape index (κ2) is 8.83. The van der Waals surface area contributed by atoms with Crippen molar-refractivity contribution in [3.05, 3.63) is 78.4 Å². The lowest BCUT2D eigenvalue weighted by Gasteiger charge is -2.36. The van der Waals surface area contributed by atoms with E-state index in [-0.39, 0.29) is 12.7 Å². The lowest BCUT2D eigenvalue weighted by Crippen LogP contribution is -2.49. The highest BCUT2D eigenvalue weighted by atomic mass is 16.7. The van der Waals surface area contributed by atoms with E-state index in [4.69, 9.17) is 19.2 Å². The van der Waals surface area contributed by atoms with Crippen LogP contribution in [0.2, 0.25) is 0 Å². The number of pyridine rings is 1. The quantitative estimate of drug-likeness (QED) is 0.437. The van der Waals surface area contributed by atoms with Gasteiger partial charge in [-0.05, 0) is 42.5 Å². The highest BCUT2D eigenvalue weighted by Gasteiger charge is 2.26. The molecule has 7 nitrogen and oxygen atoms in total. The average Bonchev–Trinajstić information content (AvgIpc) is 3.40. The van der Waals surface area contributed by atoms with Gasteiger partial charge in [0, 0.05) is 37.1 Å². The molecule has 0 N–H and O–H groups in total. The first-order chi connectivity index (χ1) is 17.2. The maximum Gasteiger partial charge on any atom is 0.254 e. The van der Waals surface area contributed by atoms with Crippen LogP contribution in [0, 0.1) is 0 Å². The van der Waals surface area contributed by atoms with Crippen molar-refractivity contribution in [1.82, 2.24) is 9.88 Å². The van der Waals surface area contributed by atoms with Crippen molar-refractivity contribution in [2.24, 2.45) is 0 Å². The van der Waals surface area contributed by atoms with Crippen LogP contribution in [0.15, 0.2) is 72.8 Å². The number of amides is 1. The SMILES string of the molecule is COc1ccccc1N1CCN(C(=O)c2cc(-c3ccc4c(c3)OCO4)nc3ccccc23)CC1. The van der Waals surface area contributed by atoms with E-state index < -0.39 is 0 Å². The Morgan fingerprint density at radius 3 is 2.51 bits per heavy atom. The number of carbonyl (C=O) groups excluding carboxylic acids is 1. The molecule has 176 valence electrons. The van der Waals surface area contributed by atoms with Gasteiger partial charge in [0.15, 0.2) is 11.5 Å². The number of anilines is 1. The minimum absolute atomic E-state index is 0.0188. The smallest absolute Gasteiger partial charge is 0.254 e. The summed E-state index contributed by atoms with van der Waals surface area (Å²) < 4.78 is 16.5. The Morgan fingerprint density at radius 2 is 1.66 bits per heavy atom. The Labute approximate surface area is 203 Å². The highest BCUT2D eigenvalue weighted by molar-refractivity contribution is 6.07. The second-order valence-corrected chi connectivity index (χ2v) is 8.59. The molecule has 0 aliphatic carbocycles. The predicted octanol–water partition coefficient (Wildman–Crippen LogP) is 4.60. The second-order valence-electron chi connectivity index (χ2n) is 8.59. The van der Waals surface area contributed by atoms with Crippen LogP contribution in [0.4, 0.5) is 5.69 Å². The Bertz CT molecular complexity index is 1410. The Hall–Kier alpha value is -4.26. The maximum atomic E-state index is 13.8. The number of hydrogen-bond donors (Lipinski definition) is 0. The van der Waals surface area contributed by atoms with Gasteiger partial charge in [-0.1, -0.05) is 30.3 Å². The van der Waals surface area contributed by atoms with Gasteiger partial charge in [0.25, 0.3) is 5.91 Å². The van der Waals surface area contributed by atoms with Crippen molar-refractivity contribution in [1.29, 1.82) is 0 Å². The van der Waals surface area contributed by atoms with Crippen molar-refractivity contribution in [3.8, 4) is 28.5 Å². The molecule has 7 heteroatoms. The molecule has 3 heterocycles. The lowest BCUT2D eigenvalue weighted by atomic mass is 10.0. The number of carbonyl (C=O) groups is 1. The third-order valence-electron chi connectivity index (χ3n) is 6.61. The zero-order chi connectivity index (χ0) is 23.8. The molecule has 1 fully saturated rings. The number of aromatic nitrogens is 1. The maximum absolute atomic E-state index is 13.8. The number of ether oxygens (including phenoxy) is 3. The van der Waals surface area contributed by atoms with Gasteiger partial charge in [-0.3, -0.25) is 4.79 Å². The minimum atomic E-state index is 0.0188. The molecule has 2 aliphatic rings. The van der Waals surface area contributed by atoms with E-state index in [0.29, 0.717) is 24.4 Å². The molecule has 1 saturated heterocycles. The fraction of sp³-hybridized carbons (Fsp3) is 0.214. The molecular formula is C28H25N3O4. The summed E-state index contributed by atoms with van der Waals surface area (Å²) in [5.74, 6) is 2.28. The minimum Gasteiger partial charge on any atom is -0.495 e. The Balaban J connectivity index is 1.30. The topological polar surface area (TPSA) is 64.1 Å². The first-order valence-corrected chi connectivity index (χ1v) is 11.7. The zero-order valence-corrected chi connectivity index (χ0v) is 19.4. The van der Waals surface area contributed by atoms with E-state index in [1.54, 1.807) is 7.11 Å². The summed E-state index contributed by atoms with van der Waals surface area (Å²) in [4.78, 5) is 22.8. The standard InChI is InChI=1S/C28H25N3O4/c1-33-25-9-5-4-8-24(25)30-12-14-31(15-13-30)28(32)21-17-23(29-22-7-3-2-6-20(21)22)19-10-11-26-27(16-19)35-18-34-26/h2-11,16-17H,12-15,18H2,1H3. The normalized spacial score (nSPS) is 14.9. The molecule has 1 amide bonds. The molecule has 0 radical (unpaired) electrons. The number of methoxy groups -OCH3 is 1. The van der Waals surface area contributed by atoms with E-state index in [1.165, 1.54) is 0 Å². The Morgan fingerprint density at radius 1 is 0.886 bits per heavy atom. The van der Waals surface area contributed by atoms with Crippen LogP contribution in [0.25, 0.3) is 22.2 Å². The van der Waals surface area contributed by atoms with E-state index >= 15 is 0 Å². The predicted molar refractivity (Wildman–Crippen MR) is 134 cm³/mol. The fourth-order valence-corrected chi connectivity index (χ4v) is 4.77.